The van der Waals surface area contributed by atoms with Crippen LogP contribution in [0.1, 0.15) is 104 Å². The predicted molar refractivity (Wildman–Crippen MR) is 252 cm³/mol. The van der Waals surface area contributed by atoms with E-state index in [9.17, 15) is 45.5 Å². The van der Waals surface area contributed by atoms with Gasteiger partial charge >= 0.3 is 36.2 Å². The number of carbonyl (C=O) groups excluding carboxylic acids is 4. The lowest BCUT2D eigenvalue weighted by molar-refractivity contribution is -0.173. The lowest BCUT2D eigenvalue weighted by Crippen LogP contribution is -2.55. The number of urea groups is 2. The van der Waals surface area contributed by atoms with Crippen molar-refractivity contribution in [3.05, 3.63) is 70.6 Å². The first-order chi connectivity index (χ1) is 35.7. The maximum atomic E-state index is 15.3. The minimum atomic E-state index is -5.11. The molecule has 14 nitrogen and oxygen atoms in total. The average molecular weight is 1060 g/mol. The van der Waals surface area contributed by atoms with E-state index in [-0.39, 0.29) is 52.7 Å². The van der Waals surface area contributed by atoms with Gasteiger partial charge in [-0.2, -0.15) is 26.3 Å². The van der Waals surface area contributed by atoms with Crippen molar-refractivity contribution in [1.82, 2.24) is 35.1 Å². The first kappa shape index (κ1) is 53.0. The molecule has 3 heterocycles. The topological polar surface area (TPSA) is 151 Å². The largest absolute Gasteiger partial charge is 0.471 e. The number of ether oxygens (including phenoxy) is 2. The second-order valence-corrected chi connectivity index (χ2v) is 22.9. The number of alkyl halides is 6. The Balaban J connectivity index is 0.000000171. The minimum absolute atomic E-state index is 0.0308. The summed E-state index contributed by atoms with van der Waals surface area (Å²) in [5, 5.41) is 7.93. The van der Waals surface area contributed by atoms with Crippen LogP contribution in [0.3, 0.4) is 0 Å². The first-order valence-electron chi connectivity index (χ1n) is 26.3. The van der Waals surface area contributed by atoms with E-state index in [4.69, 9.17) is 9.47 Å². The monoisotopic (exact) mass is 1060 g/mol. The van der Waals surface area contributed by atoms with Crippen LogP contribution in [0.2, 0.25) is 0 Å². The number of amides is 5. The number of morpholine rings is 2. The average Bonchev–Trinajstić information content (AvgIpc) is 3.87. The summed E-state index contributed by atoms with van der Waals surface area (Å²) in [6.07, 6.45) is 4.41. The minimum Gasteiger partial charge on any atom is -0.413 e. The zero-order chi connectivity index (χ0) is 52.9. The summed E-state index contributed by atoms with van der Waals surface area (Å²) in [5.74, 6) is -2.07. The summed E-state index contributed by atoms with van der Waals surface area (Å²) < 4.78 is 122. The van der Waals surface area contributed by atoms with Crippen molar-refractivity contribution < 1.29 is 68.2 Å². The molecular formula is C53H63F8N7O7. The third kappa shape index (κ3) is 12.1. The van der Waals surface area contributed by atoms with Crippen LogP contribution in [0.5, 0.6) is 0 Å². The number of carbonyl (C=O) groups is 4. The van der Waals surface area contributed by atoms with Crippen LogP contribution >= 0.6 is 0 Å². The maximum Gasteiger partial charge on any atom is 0.471 e. The highest BCUT2D eigenvalue weighted by Gasteiger charge is 2.53. The maximum absolute atomic E-state index is 15.3. The van der Waals surface area contributed by atoms with Gasteiger partial charge in [-0.05, 0) is 142 Å². The molecule has 1 N–H and O–H groups in total. The highest BCUT2D eigenvalue weighted by atomic mass is 19.4. The standard InChI is InChI=1S/C27H33F4N3O4.C26H30F4N4O3/c28-22-10-20(23(35)14-32-24(36)27(29,30)31)1-2-21(22)15-34(25(37)33-3-5-38-6-4-33)16-26-11-17-7-18(12-26)9-19(8-17)13-26;27-21-10-19(22-31-32-23(37-22)26(28,29)30)1-2-20(21)14-34(24(35)33-3-5-36-6-4-33)15-25-11-16-7-17(12-25)9-18(8-16)13-25/h1-2,10,17-19H,3-9,11-16H2,(H,32,36);1-2,10,16-18H,3-9,11-15H2. The Morgan fingerprint density at radius 3 is 1.43 bits per heavy atom. The van der Waals surface area contributed by atoms with Gasteiger partial charge in [0.15, 0.2) is 5.78 Å². The van der Waals surface area contributed by atoms with E-state index >= 15 is 8.78 Å². The van der Waals surface area contributed by atoms with Crippen molar-refractivity contribution in [2.45, 2.75) is 102 Å². The Morgan fingerprint density at radius 1 is 0.613 bits per heavy atom. The van der Waals surface area contributed by atoms with Gasteiger partial charge in [0.25, 0.3) is 0 Å². The van der Waals surface area contributed by atoms with E-state index in [1.165, 1.54) is 68.1 Å². The van der Waals surface area contributed by atoms with E-state index in [1.807, 2.05) is 0 Å². The summed E-state index contributed by atoms with van der Waals surface area (Å²) >= 11 is 0. The van der Waals surface area contributed by atoms with E-state index in [0.29, 0.717) is 89.0 Å². The molecule has 3 aromatic rings. The van der Waals surface area contributed by atoms with Crippen molar-refractivity contribution in [2.75, 3.05) is 72.2 Å². The van der Waals surface area contributed by atoms with Gasteiger partial charge < -0.3 is 38.8 Å². The molecule has 22 heteroatoms. The number of Topliss-reactive ketones (excluding diaryl/α,β-unsaturated/α-hetero) is 1. The smallest absolute Gasteiger partial charge is 0.413 e. The molecule has 10 fully saturated rings. The predicted octanol–water partition coefficient (Wildman–Crippen LogP) is 9.52. The Hall–Kier alpha value is -5.38. The molecule has 8 bridgehead atoms. The second kappa shape index (κ2) is 21.2. The van der Waals surface area contributed by atoms with Crippen molar-refractivity contribution in [3.8, 4) is 11.5 Å². The molecule has 2 aliphatic heterocycles. The quantitative estimate of drug-likeness (QED) is 0.138. The molecule has 0 unspecified atom stereocenters. The number of benzene rings is 2. The molecule has 13 rings (SSSR count). The van der Waals surface area contributed by atoms with Gasteiger partial charge in [0.05, 0.1) is 46.1 Å². The number of aromatic nitrogens is 2. The molecule has 75 heavy (non-hydrogen) atoms. The third-order valence-electron chi connectivity index (χ3n) is 17.2. The van der Waals surface area contributed by atoms with Gasteiger partial charge in [0.1, 0.15) is 11.6 Å². The van der Waals surface area contributed by atoms with Crippen LogP contribution in [-0.4, -0.2) is 132 Å². The normalized spacial score (nSPS) is 28.7. The Kier molecular flexibility index (Phi) is 15.0. The van der Waals surface area contributed by atoms with Crippen molar-refractivity contribution in [3.63, 3.8) is 0 Å². The molecule has 408 valence electrons. The fourth-order valence-corrected chi connectivity index (χ4v) is 15.0. The van der Waals surface area contributed by atoms with Gasteiger partial charge in [-0.25, -0.2) is 18.4 Å². The van der Waals surface area contributed by atoms with Crippen LogP contribution in [0.25, 0.3) is 11.5 Å². The van der Waals surface area contributed by atoms with Crippen LogP contribution in [0, 0.1) is 58.0 Å². The summed E-state index contributed by atoms with van der Waals surface area (Å²) in [7, 11) is 0. The van der Waals surface area contributed by atoms with E-state index in [1.54, 1.807) is 19.6 Å². The molecule has 0 spiro atoms. The van der Waals surface area contributed by atoms with Gasteiger partial charge in [-0.15, -0.1) is 10.2 Å². The van der Waals surface area contributed by atoms with Crippen molar-refractivity contribution >= 4 is 23.8 Å². The number of hydrogen-bond donors (Lipinski definition) is 1. The van der Waals surface area contributed by atoms with Crippen LogP contribution in [-0.2, 0) is 33.5 Å². The Bertz CT molecular complexity index is 2530. The lowest BCUT2D eigenvalue weighted by Gasteiger charge is -2.58. The summed E-state index contributed by atoms with van der Waals surface area (Å²) in [6, 6.07) is 7.43. The van der Waals surface area contributed by atoms with Gasteiger partial charge in [0.2, 0.25) is 5.89 Å². The molecule has 8 aliphatic carbocycles. The van der Waals surface area contributed by atoms with Gasteiger partial charge in [-0.3, -0.25) is 9.59 Å². The molecule has 10 aliphatic rings. The SMILES string of the molecule is O=C(CNC(=O)C(F)(F)F)c1ccc(CN(CC23CC4CC(CC(C4)C2)C3)C(=O)N2CCOCC2)c(F)c1.O=C(N1CCOCC1)N(Cc1ccc(-c2nnc(C(F)(F)F)o2)cc1F)CC12CC3CC(CC(C3)C1)C2. The molecule has 2 saturated heterocycles. The lowest BCUT2D eigenvalue weighted by atomic mass is 9.49. The second-order valence-electron chi connectivity index (χ2n) is 22.9. The number of nitrogens with one attached hydrogen (secondary N) is 1. The highest BCUT2D eigenvalue weighted by molar-refractivity contribution is 5.99. The molecule has 2 aromatic carbocycles. The molecule has 8 saturated carbocycles. The van der Waals surface area contributed by atoms with E-state index < -0.39 is 54.0 Å². The van der Waals surface area contributed by atoms with E-state index in [0.717, 1.165) is 68.4 Å². The van der Waals surface area contributed by atoms with Gasteiger partial charge in [0, 0.05) is 61.5 Å². The van der Waals surface area contributed by atoms with Crippen LogP contribution < -0.4 is 5.32 Å². The Morgan fingerprint density at radius 2 is 1.04 bits per heavy atom. The molecular weight excluding hydrogens is 999 g/mol. The van der Waals surface area contributed by atoms with Gasteiger partial charge in [-0.1, -0.05) is 18.2 Å². The van der Waals surface area contributed by atoms with E-state index in [2.05, 4.69) is 14.6 Å². The summed E-state index contributed by atoms with van der Waals surface area (Å²) in [6.45, 7) is 4.14. The zero-order valence-electron chi connectivity index (χ0n) is 41.7. The molecule has 0 atom stereocenters. The van der Waals surface area contributed by atoms with Crippen LogP contribution in [0.4, 0.5) is 44.7 Å². The Labute approximate surface area is 429 Å². The van der Waals surface area contributed by atoms with Crippen molar-refractivity contribution in [1.29, 1.82) is 0 Å². The zero-order valence-corrected chi connectivity index (χ0v) is 41.7. The fourth-order valence-electron chi connectivity index (χ4n) is 15.0. The van der Waals surface area contributed by atoms with Crippen LogP contribution in [0.15, 0.2) is 40.8 Å². The highest BCUT2D eigenvalue weighted by Crippen LogP contribution is 2.61. The third-order valence-corrected chi connectivity index (χ3v) is 17.2. The fraction of sp³-hybridized carbons (Fsp3) is 0.660. The summed E-state index contributed by atoms with van der Waals surface area (Å²) in [5.41, 5.74) is 0.542. The number of ketones is 1. The first-order valence-corrected chi connectivity index (χ1v) is 26.3. The number of nitrogens with zero attached hydrogens (tertiary/aromatic N) is 6. The number of hydrogen-bond acceptors (Lipinski definition) is 9. The van der Waals surface area contributed by atoms with Crippen molar-refractivity contribution in [2.24, 2.45) is 46.3 Å². The number of rotatable bonds is 12. The molecule has 1 aromatic heterocycles. The summed E-state index contributed by atoms with van der Waals surface area (Å²) in [4.78, 5) is 57.6. The number of halogens is 8. The molecule has 5 amide bonds. The molecule has 0 radical (unpaired) electrons.